The molecule has 1 aromatic rings. The number of anilines is 1. The number of thioether (sulfide) groups is 1. The molecule has 0 aromatic heterocycles. The van der Waals surface area contributed by atoms with Crippen LogP contribution in [0.25, 0.3) is 0 Å². The second kappa shape index (κ2) is 8.68. The Hall–Kier alpha value is -1.17. The summed E-state index contributed by atoms with van der Waals surface area (Å²) in [5, 5.41) is 2.00. The summed E-state index contributed by atoms with van der Waals surface area (Å²) in [6.45, 7) is 3.97. The van der Waals surface area contributed by atoms with Crippen LogP contribution in [0.3, 0.4) is 0 Å². The Kier molecular flexibility index (Phi) is 6.54. The molecule has 0 saturated carbocycles. The Morgan fingerprint density at radius 2 is 2.00 bits per heavy atom. The van der Waals surface area contributed by atoms with Crippen molar-refractivity contribution < 1.29 is 4.79 Å². The van der Waals surface area contributed by atoms with Gasteiger partial charge in [-0.25, -0.2) is 0 Å². The van der Waals surface area contributed by atoms with Gasteiger partial charge in [-0.1, -0.05) is 43.0 Å². The summed E-state index contributed by atoms with van der Waals surface area (Å²) in [7, 11) is 1.76. The van der Waals surface area contributed by atoms with Crippen molar-refractivity contribution >= 4 is 51.7 Å². The van der Waals surface area contributed by atoms with Gasteiger partial charge in [-0.05, 0) is 49.2 Å². The number of fused-ring (bicyclic) bond motifs is 1. The molecule has 1 aromatic carbocycles. The first-order valence-electron chi connectivity index (χ1n) is 8.98. The zero-order chi connectivity index (χ0) is 18.7. The molecule has 140 valence electrons. The van der Waals surface area contributed by atoms with Crippen LogP contribution >= 0.6 is 35.0 Å². The van der Waals surface area contributed by atoms with E-state index in [2.05, 4.69) is 16.8 Å². The molecule has 2 aliphatic rings. The second-order valence-electron chi connectivity index (χ2n) is 6.50. The summed E-state index contributed by atoms with van der Waals surface area (Å²) in [6, 6.07) is 5.18. The molecule has 2 aliphatic heterocycles. The average Bonchev–Trinajstić information content (AvgIpc) is 2.98. The van der Waals surface area contributed by atoms with Crippen LogP contribution in [0.1, 0.15) is 39.0 Å². The fraction of sp³-hybridized carbons (Fsp3) is 0.474. The van der Waals surface area contributed by atoms with Gasteiger partial charge in [0.05, 0.1) is 0 Å². The number of carbonyl (C=O) groups excluding carboxylic acids is 1. The van der Waals surface area contributed by atoms with Crippen molar-refractivity contribution in [1.82, 2.24) is 4.90 Å². The third-order valence-corrected chi connectivity index (χ3v) is 6.13. The highest BCUT2D eigenvalue weighted by Crippen LogP contribution is 2.40. The van der Waals surface area contributed by atoms with Crippen LogP contribution in [-0.4, -0.2) is 36.1 Å². The lowest BCUT2D eigenvalue weighted by molar-refractivity contribution is -0.114. The molecule has 0 saturated heterocycles. The maximum Gasteiger partial charge on any atom is 0.266 e. The lowest BCUT2D eigenvalue weighted by Gasteiger charge is -2.25. The number of amidine groups is 1. The molecular weight excluding hydrogens is 389 g/mol. The van der Waals surface area contributed by atoms with Gasteiger partial charge in [0.1, 0.15) is 4.91 Å². The number of carbonyl (C=O) groups is 1. The number of likely N-dealkylation sites (N-methyl/N-ethyl adjacent to an activating group) is 1. The van der Waals surface area contributed by atoms with Crippen molar-refractivity contribution in [3.05, 3.63) is 38.8 Å². The largest absolute Gasteiger partial charge is 0.323 e. The van der Waals surface area contributed by atoms with Gasteiger partial charge >= 0.3 is 0 Å². The van der Waals surface area contributed by atoms with Crippen molar-refractivity contribution in [2.45, 2.75) is 39.0 Å². The van der Waals surface area contributed by atoms with Gasteiger partial charge in [0.25, 0.3) is 5.91 Å². The normalized spacial score (nSPS) is 16.6. The van der Waals surface area contributed by atoms with E-state index >= 15 is 0 Å². The van der Waals surface area contributed by atoms with Crippen molar-refractivity contribution in [2.75, 3.05) is 25.0 Å². The lowest BCUT2D eigenvalue weighted by Crippen LogP contribution is -2.30. The topological polar surface area (TPSA) is 35.9 Å². The molecule has 7 heteroatoms. The van der Waals surface area contributed by atoms with E-state index in [-0.39, 0.29) is 5.91 Å². The lowest BCUT2D eigenvalue weighted by atomic mass is 10.1. The average molecular weight is 412 g/mol. The molecule has 0 spiro atoms. The maximum absolute atomic E-state index is 13.2. The molecular formula is C19H23Cl2N3OS. The van der Waals surface area contributed by atoms with Gasteiger partial charge < -0.3 is 9.80 Å². The molecule has 0 radical (unpaired) electrons. The summed E-state index contributed by atoms with van der Waals surface area (Å²) in [5.41, 5.74) is 1.81. The highest BCUT2D eigenvalue weighted by molar-refractivity contribution is 8.18. The van der Waals surface area contributed by atoms with E-state index in [1.54, 1.807) is 30.1 Å². The molecule has 2 heterocycles. The predicted octanol–water partition coefficient (Wildman–Crippen LogP) is 5.56. The molecule has 26 heavy (non-hydrogen) atoms. The summed E-state index contributed by atoms with van der Waals surface area (Å²) in [4.78, 5) is 22.5. The Labute approximate surface area is 169 Å². The zero-order valence-electron chi connectivity index (χ0n) is 15.1. The number of aliphatic imine (C=N–C) groups is 1. The molecule has 0 N–H and O–H groups in total. The zero-order valence-corrected chi connectivity index (χ0v) is 17.4. The van der Waals surface area contributed by atoms with Gasteiger partial charge in [0.2, 0.25) is 0 Å². The van der Waals surface area contributed by atoms with E-state index in [0.29, 0.717) is 15.7 Å². The standard InChI is InChI=1S/C19H23Cl2N3OS/c1-3-4-5-7-16-17(26-19-22-8-6-9-24(16)19)18(25)23(2)15-11-13(20)10-14(21)12-15/h10-12H,3-9H2,1-2H3. The number of amides is 1. The van der Waals surface area contributed by atoms with Crippen LogP contribution in [0.4, 0.5) is 5.69 Å². The molecule has 0 aliphatic carbocycles. The number of benzene rings is 1. The first-order valence-corrected chi connectivity index (χ1v) is 10.6. The summed E-state index contributed by atoms with van der Waals surface area (Å²) < 4.78 is 0. The minimum atomic E-state index is -0.0306. The van der Waals surface area contributed by atoms with Crippen LogP contribution in [-0.2, 0) is 4.79 Å². The van der Waals surface area contributed by atoms with E-state index < -0.39 is 0 Å². The quantitative estimate of drug-likeness (QED) is 0.574. The van der Waals surface area contributed by atoms with E-state index in [1.165, 1.54) is 11.8 Å². The van der Waals surface area contributed by atoms with Crippen molar-refractivity contribution in [1.29, 1.82) is 0 Å². The summed E-state index contributed by atoms with van der Waals surface area (Å²) in [6.07, 6.45) is 5.34. The molecule has 1 amide bonds. The van der Waals surface area contributed by atoms with Crippen molar-refractivity contribution in [3.8, 4) is 0 Å². The van der Waals surface area contributed by atoms with Crippen LogP contribution in [0.2, 0.25) is 10.0 Å². The van der Waals surface area contributed by atoms with Gasteiger partial charge in [-0.3, -0.25) is 9.79 Å². The van der Waals surface area contributed by atoms with Gasteiger partial charge in [-0.2, -0.15) is 0 Å². The number of halogens is 2. The number of rotatable bonds is 6. The van der Waals surface area contributed by atoms with Crippen LogP contribution in [0.5, 0.6) is 0 Å². The highest BCUT2D eigenvalue weighted by Gasteiger charge is 2.35. The summed E-state index contributed by atoms with van der Waals surface area (Å²) >= 11 is 13.7. The molecule has 3 rings (SSSR count). The number of nitrogens with zero attached hydrogens (tertiary/aromatic N) is 3. The third-order valence-electron chi connectivity index (χ3n) is 4.55. The number of hydrogen-bond acceptors (Lipinski definition) is 4. The SMILES string of the molecule is CCCCCC1=C(C(=O)N(C)c2cc(Cl)cc(Cl)c2)SC2=NCCCN21. The smallest absolute Gasteiger partial charge is 0.266 e. The van der Waals surface area contributed by atoms with E-state index in [0.717, 1.165) is 61.0 Å². The Morgan fingerprint density at radius 3 is 2.69 bits per heavy atom. The van der Waals surface area contributed by atoms with Gasteiger partial charge in [0.15, 0.2) is 5.17 Å². The molecule has 0 fully saturated rings. The number of allylic oxidation sites excluding steroid dienone is 1. The minimum Gasteiger partial charge on any atom is -0.323 e. The van der Waals surface area contributed by atoms with Crippen molar-refractivity contribution in [2.24, 2.45) is 4.99 Å². The summed E-state index contributed by atoms with van der Waals surface area (Å²) in [5.74, 6) is -0.0306. The van der Waals surface area contributed by atoms with E-state index in [9.17, 15) is 4.79 Å². The third kappa shape index (κ3) is 4.21. The fourth-order valence-corrected chi connectivity index (χ4v) is 4.87. The monoisotopic (exact) mass is 411 g/mol. The number of hydrogen-bond donors (Lipinski definition) is 0. The molecule has 4 nitrogen and oxygen atoms in total. The first kappa shape index (κ1) is 19.6. The van der Waals surface area contributed by atoms with E-state index in [1.807, 2.05) is 0 Å². The van der Waals surface area contributed by atoms with Gasteiger partial charge in [0, 0.05) is 41.6 Å². The van der Waals surface area contributed by atoms with E-state index in [4.69, 9.17) is 23.2 Å². The molecule has 0 atom stereocenters. The van der Waals surface area contributed by atoms with Crippen LogP contribution in [0, 0.1) is 0 Å². The predicted molar refractivity (Wildman–Crippen MR) is 112 cm³/mol. The van der Waals surface area contributed by atoms with Crippen LogP contribution in [0.15, 0.2) is 33.8 Å². The Balaban J connectivity index is 1.89. The molecule has 0 bridgehead atoms. The first-order chi connectivity index (χ1) is 12.5. The Bertz CT molecular complexity index is 743. The minimum absolute atomic E-state index is 0.0306. The maximum atomic E-state index is 13.2. The van der Waals surface area contributed by atoms with Gasteiger partial charge in [-0.15, -0.1) is 0 Å². The van der Waals surface area contributed by atoms with Crippen LogP contribution < -0.4 is 4.90 Å². The highest BCUT2D eigenvalue weighted by atomic mass is 35.5. The number of unbranched alkanes of at least 4 members (excludes halogenated alkanes) is 2. The second-order valence-corrected chi connectivity index (χ2v) is 8.35. The molecule has 0 unspecified atom stereocenters. The fourth-order valence-electron chi connectivity index (χ4n) is 3.16. The Morgan fingerprint density at radius 1 is 1.27 bits per heavy atom. The van der Waals surface area contributed by atoms with Crippen molar-refractivity contribution in [3.63, 3.8) is 0 Å².